The summed E-state index contributed by atoms with van der Waals surface area (Å²) >= 11 is 0. The zero-order chi connectivity index (χ0) is 22.3. The largest absolute Gasteiger partial charge is 0.388 e. The van der Waals surface area contributed by atoms with Gasteiger partial charge in [-0.3, -0.25) is 4.79 Å². The summed E-state index contributed by atoms with van der Waals surface area (Å²) in [6, 6.07) is 18.4. The molecule has 2 aliphatic heterocycles. The van der Waals surface area contributed by atoms with Crippen molar-refractivity contribution in [3.05, 3.63) is 83.9 Å². The Morgan fingerprint density at radius 3 is 2.56 bits per heavy atom. The zero-order valence-electron chi connectivity index (χ0n) is 18.0. The quantitative estimate of drug-likeness (QED) is 0.646. The molecule has 2 aromatic rings. The average Bonchev–Trinajstić information content (AvgIpc) is 2.84. The van der Waals surface area contributed by atoms with Crippen LogP contribution in [-0.4, -0.2) is 48.3 Å². The summed E-state index contributed by atoms with van der Waals surface area (Å²) in [6.07, 6.45) is 0.226. The Bertz CT molecular complexity index is 890. The number of carbonyl (C=O) groups is 1. The molecule has 2 aromatic carbocycles. The summed E-state index contributed by atoms with van der Waals surface area (Å²) in [6.45, 7) is 2.46. The maximum Gasteiger partial charge on any atom is 0.244 e. The summed E-state index contributed by atoms with van der Waals surface area (Å²) in [5.41, 5.74) is 1.82. The minimum absolute atomic E-state index is 0.239. The number of fused-ring (bicyclic) bond motifs is 1. The van der Waals surface area contributed by atoms with Crippen molar-refractivity contribution in [1.29, 1.82) is 0 Å². The van der Waals surface area contributed by atoms with Crippen LogP contribution in [0.1, 0.15) is 30.8 Å². The number of amides is 1. The first-order valence-corrected chi connectivity index (χ1v) is 10.9. The van der Waals surface area contributed by atoms with Crippen LogP contribution in [0.5, 0.6) is 0 Å². The third-order valence-electron chi connectivity index (χ3n) is 5.51. The Hall–Kier alpha value is -2.55. The normalized spacial score (nSPS) is 30.1. The Kier molecular flexibility index (Phi) is 7.68. The van der Waals surface area contributed by atoms with Gasteiger partial charge in [0.2, 0.25) is 5.91 Å². The predicted molar refractivity (Wildman–Crippen MR) is 117 cm³/mol. The molecule has 6 atom stereocenters. The smallest absolute Gasteiger partial charge is 0.244 e. The number of ether oxygens (including phenoxy) is 4. The molecule has 32 heavy (non-hydrogen) atoms. The molecule has 4 rings (SSSR count). The molecule has 2 saturated heterocycles. The SMILES string of the molecule is CC/C=C/C(=O)N[C@H]1[C@H](OCc2ccccc2)O[C@@H]2CO[C@@H](c3ccccc3)O[C@H]2[C@H]1O. The van der Waals surface area contributed by atoms with Crippen LogP contribution in [0.2, 0.25) is 0 Å². The molecule has 0 unspecified atom stereocenters. The van der Waals surface area contributed by atoms with Gasteiger partial charge in [-0.2, -0.15) is 0 Å². The third-order valence-corrected chi connectivity index (χ3v) is 5.51. The summed E-state index contributed by atoms with van der Waals surface area (Å²) in [7, 11) is 0. The number of hydrogen-bond donors (Lipinski definition) is 2. The Labute approximate surface area is 187 Å². The average molecular weight is 440 g/mol. The van der Waals surface area contributed by atoms with Crippen LogP contribution in [-0.2, 0) is 30.3 Å². The second-order valence-electron chi connectivity index (χ2n) is 7.85. The lowest BCUT2D eigenvalue weighted by Gasteiger charge is -2.47. The molecule has 0 bridgehead atoms. The predicted octanol–water partition coefficient (Wildman–Crippen LogP) is 2.85. The molecule has 1 amide bonds. The molecule has 7 heteroatoms. The zero-order valence-corrected chi connectivity index (χ0v) is 18.0. The number of nitrogens with one attached hydrogen (secondary N) is 1. The van der Waals surface area contributed by atoms with Crippen LogP contribution in [0, 0.1) is 0 Å². The van der Waals surface area contributed by atoms with Crippen molar-refractivity contribution in [2.75, 3.05) is 6.61 Å². The fourth-order valence-electron chi connectivity index (χ4n) is 3.86. The molecule has 0 aromatic heterocycles. The first-order chi connectivity index (χ1) is 15.7. The van der Waals surface area contributed by atoms with Gasteiger partial charge in [-0.15, -0.1) is 0 Å². The summed E-state index contributed by atoms with van der Waals surface area (Å²) in [5, 5.41) is 14.0. The van der Waals surface area contributed by atoms with Crippen LogP contribution in [0.3, 0.4) is 0 Å². The van der Waals surface area contributed by atoms with Gasteiger partial charge in [-0.1, -0.05) is 73.7 Å². The third kappa shape index (κ3) is 5.43. The van der Waals surface area contributed by atoms with E-state index >= 15 is 0 Å². The van der Waals surface area contributed by atoms with E-state index in [-0.39, 0.29) is 19.1 Å². The van der Waals surface area contributed by atoms with Crippen LogP contribution >= 0.6 is 0 Å². The second kappa shape index (κ2) is 10.8. The highest BCUT2D eigenvalue weighted by Gasteiger charge is 2.50. The van der Waals surface area contributed by atoms with Crippen molar-refractivity contribution in [3.63, 3.8) is 0 Å². The van der Waals surface area contributed by atoms with Gasteiger partial charge in [0.05, 0.1) is 13.2 Å². The number of allylic oxidation sites excluding steroid dienone is 1. The van der Waals surface area contributed by atoms with Crippen molar-refractivity contribution < 1.29 is 28.8 Å². The topological polar surface area (TPSA) is 86.3 Å². The number of hydrogen-bond acceptors (Lipinski definition) is 6. The van der Waals surface area contributed by atoms with Gasteiger partial charge in [0.1, 0.15) is 24.4 Å². The molecular weight excluding hydrogens is 410 g/mol. The number of rotatable bonds is 7. The lowest BCUT2D eigenvalue weighted by atomic mass is 9.95. The van der Waals surface area contributed by atoms with Crippen molar-refractivity contribution in [2.45, 2.75) is 56.9 Å². The van der Waals surface area contributed by atoms with E-state index in [9.17, 15) is 9.90 Å². The molecule has 0 radical (unpaired) electrons. The van der Waals surface area contributed by atoms with Crippen LogP contribution in [0.15, 0.2) is 72.8 Å². The highest BCUT2D eigenvalue weighted by Crippen LogP contribution is 2.34. The molecule has 7 nitrogen and oxygen atoms in total. The minimum atomic E-state index is -1.04. The Morgan fingerprint density at radius 2 is 1.84 bits per heavy atom. The molecule has 0 aliphatic carbocycles. The fraction of sp³-hybridized carbons (Fsp3) is 0.400. The van der Waals surface area contributed by atoms with Crippen LogP contribution in [0.25, 0.3) is 0 Å². The molecule has 2 aliphatic rings. The van der Waals surface area contributed by atoms with E-state index in [1.54, 1.807) is 6.08 Å². The van der Waals surface area contributed by atoms with Gasteiger partial charge in [0, 0.05) is 5.56 Å². The van der Waals surface area contributed by atoms with E-state index in [0.717, 1.165) is 17.5 Å². The van der Waals surface area contributed by atoms with Crippen molar-refractivity contribution in [1.82, 2.24) is 5.32 Å². The van der Waals surface area contributed by atoms with E-state index in [2.05, 4.69) is 5.32 Å². The number of benzene rings is 2. The van der Waals surface area contributed by atoms with Crippen LogP contribution in [0.4, 0.5) is 0 Å². The first-order valence-electron chi connectivity index (χ1n) is 10.9. The molecule has 0 saturated carbocycles. The van der Waals surface area contributed by atoms with E-state index in [1.165, 1.54) is 6.08 Å². The number of aliphatic hydroxyl groups excluding tert-OH is 1. The molecule has 0 spiro atoms. The molecule has 2 fully saturated rings. The van der Waals surface area contributed by atoms with Gasteiger partial charge in [0.15, 0.2) is 12.6 Å². The Morgan fingerprint density at radius 1 is 1.12 bits per heavy atom. The van der Waals surface area contributed by atoms with E-state index in [4.69, 9.17) is 18.9 Å². The van der Waals surface area contributed by atoms with E-state index in [0.29, 0.717) is 0 Å². The monoisotopic (exact) mass is 439 g/mol. The standard InChI is InChI=1S/C25H29NO6/c1-2-3-14-20(27)26-21-22(28)23-19(16-30-24(32-23)18-12-8-5-9-13-18)31-25(21)29-15-17-10-6-4-7-11-17/h3-14,19,21-25,28H,2,15-16H2,1H3,(H,26,27)/b14-3+/t19-,21-,22+,23-,24-,25-/m1/s1. The van der Waals surface area contributed by atoms with E-state index in [1.807, 2.05) is 67.6 Å². The summed E-state index contributed by atoms with van der Waals surface area (Å²) in [4.78, 5) is 12.4. The highest BCUT2D eigenvalue weighted by atomic mass is 16.7. The van der Waals surface area contributed by atoms with Gasteiger partial charge < -0.3 is 29.4 Å². The minimum Gasteiger partial charge on any atom is -0.388 e. The van der Waals surface area contributed by atoms with Gasteiger partial charge in [-0.05, 0) is 18.1 Å². The van der Waals surface area contributed by atoms with E-state index < -0.39 is 36.9 Å². The van der Waals surface area contributed by atoms with Crippen molar-refractivity contribution in [3.8, 4) is 0 Å². The van der Waals surface area contributed by atoms with Crippen molar-refractivity contribution in [2.24, 2.45) is 0 Å². The summed E-state index contributed by atoms with van der Waals surface area (Å²) < 4.78 is 24.0. The molecule has 2 N–H and O–H groups in total. The molecule has 170 valence electrons. The van der Waals surface area contributed by atoms with Crippen molar-refractivity contribution >= 4 is 5.91 Å². The maximum atomic E-state index is 12.4. The maximum absolute atomic E-state index is 12.4. The molecule has 2 heterocycles. The Balaban J connectivity index is 1.49. The first kappa shape index (κ1) is 22.6. The van der Waals surface area contributed by atoms with Crippen LogP contribution < -0.4 is 5.32 Å². The van der Waals surface area contributed by atoms with Gasteiger partial charge >= 0.3 is 0 Å². The lowest BCUT2D eigenvalue weighted by Crippen LogP contribution is -2.66. The highest BCUT2D eigenvalue weighted by molar-refractivity contribution is 5.87. The number of aliphatic hydroxyl groups is 1. The van der Waals surface area contributed by atoms with Gasteiger partial charge in [0.25, 0.3) is 0 Å². The number of carbonyl (C=O) groups excluding carboxylic acids is 1. The fourth-order valence-corrected chi connectivity index (χ4v) is 3.86. The van der Waals surface area contributed by atoms with Gasteiger partial charge in [-0.25, -0.2) is 0 Å². The second-order valence-corrected chi connectivity index (χ2v) is 7.85. The molecular formula is C25H29NO6. The lowest BCUT2D eigenvalue weighted by molar-refractivity contribution is -0.345. The summed E-state index contributed by atoms with van der Waals surface area (Å²) in [5.74, 6) is -0.321.